The number of fused-ring (bicyclic) bond motifs is 9. The minimum atomic E-state index is -0.585. The molecule has 0 aliphatic rings. The van der Waals surface area contributed by atoms with Gasteiger partial charge in [-0.3, -0.25) is 5.73 Å². The number of rotatable bonds is 9. The fourth-order valence-corrected chi connectivity index (χ4v) is 9.79. The molecule has 0 saturated carbocycles. The molecule has 1 atom stereocenters. The zero-order valence-electron chi connectivity index (χ0n) is 34.6. The topological polar surface area (TPSA) is 52.8 Å². The molecule has 0 aliphatic heterocycles. The number of para-hydroxylation sites is 4. The van der Waals surface area contributed by atoms with E-state index >= 15 is 0 Å². The second-order valence-corrected chi connectivity index (χ2v) is 16.4. The molecule has 3 heterocycles. The minimum absolute atomic E-state index is 0.585. The van der Waals surface area contributed by atoms with Crippen molar-refractivity contribution in [3.05, 3.63) is 236 Å². The number of nitrogens with one attached hydrogen (secondary N) is 1. The summed E-state index contributed by atoms with van der Waals surface area (Å²) in [4.78, 5) is 0. The monoisotopic (exact) mass is 809 g/mol. The van der Waals surface area contributed by atoms with Crippen molar-refractivity contribution in [1.82, 2.24) is 19.0 Å². The lowest BCUT2D eigenvalue weighted by atomic mass is 10.0. The molecule has 300 valence electrons. The van der Waals surface area contributed by atoms with Crippen molar-refractivity contribution in [3.63, 3.8) is 0 Å². The Kier molecular flexibility index (Phi) is 8.80. The molecule has 12 aromatic rings. The highest BCUT2D eigenvalue weighted by molar-refractivity contribution is 6.19. The van der Waals surface area contributed by atoms with Gasteiger partial charge in [0.1, 0.15) is 0 Å². The van der Waals surface area contributed by atoms with Crippen molar-refractivity contribution < 1.29 is 0 Å². The number of nitrogens with zero attached hydrogens (tertiary/aromatic N) is 3. The van der Waals surface area contributed by atoms with Crippen LogP contribution in [0.15, 0.2) is 224 Å². The van der Waals surface area contributed by atoms with Gasteiger partial charge in [-0.05, 0) is 101 Å². The highest BCUT2D eigenvalue weighted by Gasteiger charge is 2.22. The van der Waals surface area contributed by atoms with Gasteiger partial charge in [-0.15, -0.1) is 0 Å². The van der Waals surface area contributed by atoms with Crippen molar-refractivity contribution in [1.29, 1.82) is 0 Å². The first-order valence-corrected chi connectivity index (χ1v) is 21.6. The normalized spacial score (nSPS) is 12.6. The molecule has 0 radical (unpaired) electrons. The lowest BCUT2D eigenvalue weighted by Gasteiger charge is -2.22. The van der Waals surface area contributed by atoms with E-state index in [1.807, 2.05) is 0 Å². The molecule has 0 aliphatic carbocycles. The Labute approximate surface area is 365 Å². The summed E-state index contributed by atoms with van der Waals surface area (Å²) in [5.41, 5.74) is 22.2. The molecule has 3 aromatic heterocycles. The van der Waals surface area contributed by atoms with Gasteiger partial charge in [0, 0.05) is 49.4 Å². The van der Waals surface area contributed by atoms with E-state index in [0.29, 0.717) is 0 Å². The average Bonchev–Trinajstić information content (AvgIpc) is 3.98. The van der Waals surface area contributed by atoms with E-state index in [4.69, 9.17) is 5.73 Å². The summed E-state index contributed by atoms with van der Waals surface area (Å²) in [7, 11) is 0. The van der Waals surface area contributed by atoms with Gasteiger partial charge in [-0.25, -0.2) is 0 Å². The van der Waals surface area contributed by atoms with Gasteiger partial charge >= 0.3 is 0 Å². The molecular formula is C58H43N5. The van der Waals surface area contributed by atoms with E-state index in [1.165, 1.54) is 49.2 Å². The molecule has 0 fully saturated rings. The zero-order chi connectivity index (χ0) is 41.9. The smallest absolute Gasteiger partial charge is 0.157 e. The first-order chi connectivity index (χ1) is 31.2. The summed E-state index contributed by atoms with van der Waals surface area (Å²) in [5.74, 6) is 0. The number of aromatic nitrogens is 3. The lowest BCUT2D eigenvalue weighted by Crippen LogP contribution is -2.32. The fraction of sp³-hybridized carbons (Fsp3) is 0.0345. The maximum atomic E-state index is 7.45. The SMILES string of the molecule is NC(N/C(=C\Cc1ccccc1)c1ccccc1)n1c2ccc(-c3ccc4c(c3)c3ccccc3n4-c3ccccc3)cc2c2cc3c(cc21)c1ccccc1n3-c1ccccc1. The van der Waals surface area contributed by atoms with Gasteiger partial charge in [-0.1, -0.05) is 152 Å². The van der Waals surface area contributed by atoms with E-state index < -0.39 is 6.29 Å². The van der Waals surface area contributed by atoms with Crippen LogP contribution in [0.1, 0.15) is 17.4 Å². The molecule has 9 aromatic carbocycles. The van der Waals surface area contributed by atoms with Crippen LogP contribution in [-0.4, -0.2) is 13.7 Å². The largest absolute Gasteiger partial charge is 0.353 e. The molecule has 0 spiro atoms. The van der Waals surface area contributed by atoms with E-state index in [2.05, 4.69) is 243 Å². The van der Waals surface area contributed by atoms with Crippen LogP contribution in [-0.2, 0) is 6.42 Å². The van der Waals surface area contributed by atoms with Gasteiger partial charge < -0.3 is 19.0 Å². The van der Waals surface area contributed by atoms with Crippen LogP contribution >= 0.6 is 0 Å². The minimum Gasteiger partial charge on any atom is -0.353 e. The summed E-state index contributed by atoms with van der Waals surface area (Å²) in [5, 5.41) is 10.9. The molecule has 63 heavy (non-hydrogen) atoms. The van der Waals surface area contributed by atoms with Gasteiger partial charge in [0.15, 0.2) is 6.29 Å². The summed E-state index contributed by atoms with van der Waals surface area (Å²) in [6.45, 7) is 0. The third-order valence-electron chi connectivity index (χ3n) is 12.7. The highest BCUT2D eigenvalue weighted by Crippen LogP contribution is 2.41. The van der Waals surface area contributed by atoms with Crippen molar-refractivity contribution in [3.8, 4) is 22.5 Å². The van der Waals surface area contributed by atoms with Gasteiger partial charge in [-0.2, -0.15) is 0 Å². The summed E-state index contributed by atoms with van der Waals surface area (Å²) < 4.78 is 7.05. The number of allylic oxidation sites excluding steroid dienone is 1. The third kappa shape index (κ3) is 6.20. The van der Waals surface area contributed by atoms with Crippen LogP contribution in [0.3, 0.4) is 0 Å². The Bertz CT molecular complexity index is 3670. The summed E-state index contributed by atoms with van der Waals surface area (Å²) in [6, 6.07) is 78.4. The molecule has 1 unspecified atom stereocenters. The third-order valence-corrected chi connectivity index (χ3v) is 12.7. The Morgan fingerprint density at radius 2 is 0.857 bits per heavy atom. The van der Waals surface area contributed by atoms with Gasteiger partial charge in [0.25, 0.3) is 0 Å². The van der Waals surface area contributed by atoms with E-state index in [0.717, 1.165) is 61.9 Å². The quantitative estimate of drug-likeness (QED) is 0.143. The van der Waals surface area contributed by atoms with Crippen LogP contribution in [0.4, 0.5) is 0 Å². The Hall–Kier alpha value is -8.12. The first kappa shape index (κ1) is 36.7. The van der Waals surface area contributed by atoms with E-state index in [-0.39, 0.29) is 0 Å². The molecule has 5 heteroatoms. The van der Waals surface area contributed by atoms with Gasteiger partial charge in [0.2, 0.25) is 0 Å². The second-order valence-electron chi connectivity index (χ2n) is 16.4. The van der Waals surface area contributed by atoms with E-state index in [1.54, 1.807) is 0 Å². The molecule has 3 N–H and O–H groups in total. The molecule has 0 saturated heterocycles. The Balaban J connectivity index is 1.07. The van der Waals surface area contributed by atoms with Crippen molar-refractivity contribution in [2.75, 3.05) is 0 Å². The molecule has 12 rings (SSSR count). The predicted octanol–water partition coefficient (Wildman–Crippen LogP) is 13.9. The zero-order valence-corrected chi connectivity index (χ0v) is 34.6. The van der Waals surface area contributed by atoms with E-state index in [9.17, 15) is 0 Å². The summed E-state index contributed by atoms with van der Waals surface area (Å²) >= 11 is 0. The lowest BCUT2D eigenvalue weighted by molar-refractivity contribution is 0.508. The highest BCUT2D eigenvalue weighted by atomic mass is 15.3. The second kappa shape index (κ2) is 15.1. The van der Waals surface area contributed by atoms with Crippen molar-refractivity contribution >= 4 is 71.1 Å². The van der Waals surface area contributed by atoms with Crippen LogP contribution in [0.2, 0.25) is 0 Å². The van der Waals surface area contributed by atoms with Gasteiger partial charge in [0.05, 0.1) is 33.1 Å². The molecule has 0 amide bonds. The molecule has 5 nitrogen and oxygen atoms in total. The van der Waals surface area contributed by atoms with Crippen LogP contribution < -0.4 is 11.1 Å². The molecule has 0 bridgehead atoms. The average molecular weight is 810 g/mol. The Morgan fingerprint density at radius 3 is 1.48 bits per heavy atom. The number of benzene rings is 9. The maximum absolute atomic E-state index is 7.45. The van der Waals surface area contributed by atoms with Crippen LogP contribution in [0, 0.1) is 0 Å². The van der Waals surface area contributed by atoms with Crippen molar-refractivity contribution in [2.45, 2.75) is 12.7 Å². The predicted molar refractivity (Wildman–Crippen MR) is 264 cm³/mol. The van der Waals surface area contributed by atoms with Crippen molar-refractivity contribution in [2.24, 2.45) is 5.73 Å². The first-order valence-electron chi connectivity index (χ1n) is 21.6. The standard InChI is InChI=1S/C58H43N5/c59-58(60-51(40-19-7-2-8-20-40)32-29-39-17-5-1-6-18-39)63-55-34-31-42(41-30-33-54-47(35-41)45-25-13-15-27-52(45)61(54)43-21-9-3-10-22-43)36-48(55)50-38-56-49(37-57(50)63)46-26-14-16-28-53(46)62(56)44-23-11-4-12-24-44/h1-28,30-38,58,60H,29,59H2/b51-32-. The van der Waals surface area contributed by atoms with Crippen LogP contribution in [0.5, 0.6) is 0 Å². The fourth-order valence-electron chi connectivity index (χ4n) is 9.79. The summed E-state index contributed by atoms with van der Waals surface area (Å²) in [6.07, 6.45) is 2.45. The number of hydrogen-bond donors (Lipinski definition) is 2. The van der Waals surface area contributed by atoms with Crippen LogP contribution in [0.25, 0.3) is 93.6 Å². The number of hydrogen-bond acceptors (Lipinski definition) is 2. The Morgan fingerprint density at radius 1 is 0.413 bits per heavy atom. The number of nitrogens with two attached hydrogens (primary N) is 1. The maximum Gasteiger partial charge on any atom is 0.157 e. The molecular weight excluding hydrogens is 767 g/mol.